The first kappa shape index (κ1) is 18.2. The summed E-state index contributed by atoms with van der Waals surface area (Å²) in [5.74, 6) is -0.237. The first-order valence-electron chi connectivity index (χ1n) is 8.23. The third-order valence-electron chi connectivity index (χ3n) is 3.74. The van der Waals surface area contributed by atoms with Crippen LogP contribution in [0.3, 0.4) is 0 Å². The van der Waals surface area contributed by atoms with E-state index in [-0.39, 0.29) is 6.42 Å². The van der Waals surface area contributed by atoms with Gasteiger partial charge in [0.2, 0.25) is 11.8 Å². The second kappa shape index (κ2) is 8.22. The summed E-state index contributed by atoms with van der Waals surface area (Å²) < 4.78 is 15.5. The number of anilines is 2. The van der Waals surface area contributed by atoms with Crippen molar-refractivity contribution in [3.63, 3.8) is 0 Å². The van der Waals surface area contributed by atoms with E-state index < -0.39 is 17.8 Å². The first-order chi connectivity index (χ1) is 13.0. The highest BCUT2D eigenvalue weighted by Gasteiger charge is 2.14. The fraction of sp³-hybridized carbons (Fsp3) is 0.211. The van der Waals surface area contributed by atoms with Gasteiger partial charge in [0, 0.05) is 17.4 Å². The van der Waals surface area contributed by atoms with E-state index in [2.05, 4.69) is 15.4 Å². The Morgan fingerprint density at radius 3 is 2.15 bits per heavy atom. The highest BCUT2D eigenvalue weighted by Crippen LogP contribution is 2.32. The van der Waals surface area contributed by atoms with Crippen LogP contribution in [-0.2, 0) is 14.3 Å². The van der Waals surface area contributed by atoms with Crippen LogP contribution >= 0.6 is 0 Å². The molecule has 0 spiro atoms. The summed E-state index contributed by atoms with van der Waals surface area (Å²) in [6, 6.07) is 11.2. The lowest BCUT2D eigenvalue weighted by Crippen LogP contribution is -2.21. The normalized spacial score (nSPS) is 12.0. The Bertz CT molecular complexity index is 863. The van der Waals surface area contributed by atoms with Gasteiger partial charge in [-0.05, 0) is 36.4 Å². The van der Waals surface area contributed by atoms with Gasteiger partial charge < -0.3 is 24.8 Å². The molecule has 0 radical (unpaired) electrons. The minimum absolute atomic E-state index is 0.354. The van der Waals surface area contributed by atoms with Crippen LogP contribution in [0.15, 0.2) is 42.5 Å². The van der Waals surface area contributed by atoms with E-state index in [4.69, 9.17) is 9.47 Å². The van der Waals surface area contributed by atoms with Gasteiger partial charge in [0.25, 0.3) is 0 Å². The number of amides is 2. The summed E-state index contributed by atoms with van der Waals surface area (Å²) in [6.45, 7) is 0.932. The Morgan fingerprint density at radius 1 is 0.889 bits per heavy atom. The minimum atomic E-state index is -0.476. The zero-order valence-electron chi connectivity index (χ0n) is 14.6. The Balaban J connectivity index is 1.53. The highest BCUT2D eigenvalue weighted by atomic mass is 16.6. The van der Waals surface area contributed by atoms with Crippen molar-refractivity contribution in [1.82, 2.24) is 0 Å². The molecular weight excluding hydrogens is 352 g/mol. The van der Waals surface area contributed by atoms with Crippen LogP contribution in [0, 0.1) is 0 Å². The molecular formula is C19H18N2O6. The number of ether oxygens (including phenoxy) is 3. The fourth-order valence-corrected chi connectivity index (χ4v) is 2.48. The molecule has 0 saturated heterocycles. The van der Waals surface area contributed by atoms with Crippen molar-refractivity contribution in [2.45, 2.75) is 6.42 Å². The maximum absolute atomic E-state index is 12.1. The van der Waals surface area contributed by atoms with E-state index >= 15 is 0 Å². The van der Waals surface area contributed by atoms with E-state index in [1.165, 1.54) is 19.2 Å². The predicted octanol–water partition coefficient (Wildman–Crippen LogP) is 2.21. The number of rotatable bonds is 5. The predicted molar refractivity (Wildman–Crippen MR) is 97.1 cm³/mol. The molecule has 1 aliphatic rings. The molecule has 0 saturated carbocycles. The fourth-order valence-electron chi connectivity index (χ4n) is 2.48. The van der Waals surface area contributed by atoms with Crippen molar-refractivity contribution >= 4 is 29.2 Å². The van der Waals surface area contributed by atoms with Crippen LogP contribution in [0.5, 0.6) is 11.5 Å². The summed E-state index contributed by atoms with van der Waals surface area (Å²) in [5.41, 5.74) is 1.35. The van der Waals surface area contributed by atoms with E-state index in [9.17, 15) is 14.4 Å². The summed E-state index contributed by atoms with van der Waals surface area (Å²) in [4.78, 5) is 35.4. The Hall–Kier alpha value is -3.55. The summed E-state index contributed by atoms with van der Waals surface area (Å²) >= 11 is 0. The molecule has 0 atom stereocenters. The number of hydrogen-bond donors (Lipinski definition) is 2. The monoisotopic (exact) mass is 370 g/mol. The number of hydrogen-bond acceptors (Lipinski definition) is 6. The second-order valence-corrected chi connectivity index (χ2v) is 5.70. The van der Waals surface area contributed by atoms with Crippen LogP contribution in [0.25, 0.3) is 0 Å². The number of nitrogens with one attached hydrogen (secondary N) is 2. The molecule has 8 heteroatoms. The summed E-state index contributed by atoms with van der Waals surface area (Å²) in [6.07, 6.45) is -0.354. The number of methoxy groups -OCH3 is 1. The van der Waals surface area contributed by atoms with Gasteiger partial charge in [-0.25, -0.2) is 4.79 Å². The third-order valence-corrected chi connectivity index (χ3v) is 3.74. The lowest BCUT2D eigenvalue weighted by molar-refractivity contribution is -0.123. The standard InChI is InChI=1S/C19H18N2O6/c1-25-19(24)12-2-4-13(5-3-12)20-17(22)11-18(23)21-14-6-7-15-16(10-14)27-9-8-26-15/h2-7,10H,8-9,11H2,1H3,(H,20,22)(H,21,23). The Morgan fingerprint density at radius 2 is 1.48 bits per heavy atom. The number of carbonyl (C=O) groups excluding carboxylic acids is 3. The van der Waals surface area contributed by atoms with Crippen molar-refractivity contribution in [2.24, 2.45) is 0 Å². The van der Waals surface area contributed by atoms with Gasteiger partial charge in [0.1, 0.15) is 19.6 Å². The molecule has 2 N–H and O–H groups in total. The van der Waals surface area contributed by atoms with Gasteiger partial charge in [-0.2, -0.15) is 0 Å². The van der Waals surface area contributed by atoms with Gasteiger partial charge in [-0.1, -0.05) is 0 Å². The first-order valence-corrected chi connectivity index (χ1v) is 8.23. The molecule has 0 aromatic heterocycles. The maximum Gasteiger partial charge on any atom is 0.337 e. The molecule has 1 aliphatic heterocycles. The quantitative estimate of drug-likeness (QED) is 0.618. The molecule has 0 unspecified atom stereocenters. The summed E-state index contributed by atoms with van der Waals surface area (Å²) in [7, 11) is 1.29. The molecule has 3 rings (SSSR count). The molecule has 0 aliphatic carbocycles. The van der Waals surface area contributed by atoms with Crippen molar-refractivity contribution in [1.29, 1.82) is 0 Å². The van der Waals surface area contributed by atoms with Crippen molar-refractivity contribution < 1.29 is 28.6 Å². The van der Waals surface area contributed by atoms with Gasteiger partial charge in [0.15, 0.2) is 11.5 Å². The molecule has 2 amide bonds. The molecule has 8 nitrogen and oxygen atoms in total. The molecule has 0 fully saturated rings. The zero-order chi connectivity index (χ0) is 19.2. The van der Waals surface area contributed by atoms with Crippen molar-refractivity contribution in [3.05, 3.63) is 48.0 Å². The maximum atomic E-state index is 12.1. The molecule has 2 aromatic rings. The van der Waals surface area contributed by atoms with E-state index in [1.807, 2.05) is 0 Å². The Labute approximate surface area is 155 Å². The van der Waals surface area contributed by atoms with Crippen LogP contribution in [0.4, 0.5) is 11.4 Å². The molecule has 27 heavy (non-hydrogen) atoms. The van der Waals surface area contributed by atoms with Crippen LogP contribution in [0.2, 0.25) is 0 Å². The smallest absolute Gasteiger partial charge is 0.337 e. The highest BCUT2D eigenvalue weighted by molar-refractivity contribution is 6.08. The van der Waals surface area contributed by atoms with Crippen LogP contribution in [0.1, 0.15) is 16.8 Å². The van der Waals surface area contributed by atoms with Crippen LogP contribution in [-0.4, -0.2) is 38.1 Å². The lowest BCUT2D eigenvalue weighted by Gasteiger charge is -2.19. The van der Waals surface area contributed by atoms with Gasteiger partial charge in [-0.15, -0.1) is 0 Å². The summed E-state index contributed by atoms with van der Waals surface area (Å²) in [5, 5.41) is 5.24. The Kier molecular flexibility index (Phi) is 5.55. The average Bonchev–Trinajstić information content (AvgIpc) is 2.67. The SMILES string of the molecule is COC(=O)c1ccc(NC(=O)CC(=O)Nc2ccc3c(c2)OCCO3)cc1. The largest absolute Gasteiger partial charge is 0.486 e. The number of fused-ring (bicyclic) bond motifs is 1. The number of benzene rings is 2. The topological polar surface area (TPSA) is 103 Å². The van der Waals surface area contributed by atoms with E-state index in [0.717, 1.165) is 0 Å². The molecule has 140 valence electrons. The molecule has 2 aromatic carbocycles. The molecule has 1 heterocycles. The van der Waals surface area contributed by atoms with Crippen molar-refractivity contribution in [2.75, 3.05) is 31.0 Å². The zero-order valence-corrected chi connectivity index (χ0v) is 14.6. The van der Waals surface area contributed by atoms with Gasteiger partial charge in [-0.3, -0.25) is 9.59 Å². The number of carbonyl (C=O) groups is 3. The molecule has 0 bridgehead atoms. The van der Waals surface area contributed by atoms with Crippen LogP contribution < -0.4 is 20.1 Å². The third kappa shape index (κ3) is 4.75. The number of esters is 1. The van der Waals surface area contributed by atoms with Gasteiger partial charge in [0.05, 0.1) is 12.7 Å². The average molecular weight is 370 g/mol. The van der Waals surface area contributed by atoms with Crippen molar-refractivity contribution in [3.8, 4) is 11.5 Å². The van der Waals surface area contributed by atoms with Gasteiger partial charge >= 0.3 is 5.97 Å². The van der Waals surface area contributed by atoms with E-state index in [1.54, 1.807) is 30.3 Å². The van der Waals surface area contributed by atoms with E-state index in [0.29, 0.717) is 41.7 Å². The second-order valence-electron chi connectivity index (χ2n) is 5.70. The lowest BCUT2D eigenvalue weighted by atomic mass is 10.2. The minimum Gasteiger partial charge on any atom is -0.486 e.